The number of H-pyrrole nitrogens is 1. The molecule has 6 nitrogen and oxygen atoms in total. The van der Waals surface area contributed by atoms with Crippen molar-refractivity contribution in [2.45, 2.75) is 51.8 Å². The molecule has 0 saturated heterocycles. The molecule has 150 valence electrons. The zero-order valence-electron chi connectivity index (χ0n) is 17.0. The quantitative estimate of drug-likeness (QED) is 0.396. The number of nitrogens with one attached hydrogen (secondary N) is 3. The Hall–Kier alpha value is -2.86. The van der Waals surface area contributed by atoms with Gasteiger partial charge in [-0.05, 0) is 30.5 Å². The lowest BCUT2D eigenvalue weighted by Crippen LogP contribution is -2.48. The Labute approximate surface area is 166 Å². The Morgan fingerprint density at radius 1 is 1.39 bits per heavy atom. The van der Waals surface area contributed by atoms with Crippen LogP contribution in [0.1, 0.15) is 50.2 Å². The Bertz CT molecular complexity index is 833. The molecule has 28 heavy (non-hydrogen) atoms. The predicted octanol–water partition coefficient (Wildman–Crippen LogP) is 2.98. The summed E-state index contributed by atoms with van der Waals surface area (Å²) in [6.45, 7) is 12.0. The molecule has 1 heterocycles. The van der Waals surface area contributed by atoms with Crippen LogP contribution in [0, 0.1) is 0 Å². The summed E-state index contributed by atoms with van der Waals surface area (Å²) in [4.78, 5) is 18.6. The summed E-state index contributed by atoms with van der Waals surface area (Å²) in [5, 5.41) is 16.4. The lowest BCUT2D eigenvalue weighted by atomic mass is 9.90. The highest BCUT2D eigenvalue weighted by atomic mass is 16.3. The Balaban J connectivity index is 2.12. The number of rotatable bonds is 9. The Morgan fingerprint density at radius 2 is 2.14 bits per heavy atom. The van der Waals surface area contributed by atoms with E-state index in [0.29, 0.717) is 12.8 Å². The average molecular weight is 383 g/mol. The number of aromatic amines is 1. The number of carbonyl (C=O) groups excluding carboxylic acids is 1. The number of benzene rings is 1. The molecule has 1 amide bonds. The van der Waals surface area contributed by atoms with Crippen molar-refractivity contribution in [2.24, 2.45) is 0 Å². The number of carbonyl (C=O) groups is 1. The van der Waals surface area contributed by atoms with Crippen molar-refractivity contribution in [3.63, 3.8) is 0 Å². The van der Waals surface area contributed by atoms with E-state index in [-0.39, 0.29) is 5.41 Å². The van der Waals surface area contributed by atoms with Gasteiger partial charge in [0, 0.05) is 16.8 Å². The highest BCUT2D eigenvalue weighted by Crippen LogP contribution is 2.24. The smallest absolute Gasteiger partial charge is 0.207 e. The van der Waals surface area contributed by atoms with Crippen molar-refractivity contribution in [2.75, 3.05) is 0 Å². The Kier molecular flexibility index (Phi) is 7.18. The van der Waals surface area contributed by atoms with E-state index in [4.69, 9.17) is 0 Å². The Morgan fingerprint density at radius 3 is 2.79 bits per heavy atom. The predicted molar refractivity (Wildman–Crippen MR) is 113 cm³/mol. The lowest BCUT2D eigenvalue weighted by Gasteiger charge is -2.25. The molecule has 2 aromatic rings. The fraction of sp³-hybridized carbons (Fsp3) is 0.364. The van der Waals surface area contributed by atoms with Gasteiger partial charge in [0.05, 0.1) is 18.1 Å². The first kappa shape index (κ1) is 21.4. The van der Waals surface area contributed by atoms with Crippen molar-refractivity contribution in [3.05, 3.63) is 65.4 Å². The van der Waals surface area contributed by atoms with Crippen molar-refractivity contribution >= 4 is 18.6 Å². The second kappa shape index (κ2) is 9.37. The van der Waals surface area contributed by atoms with Gasteiger partial charge in [0.15, 0.2) is 0 Å². The number of aliphatic hydroxyl groups excluding tert-OH is 1. The van der Waals surface area contributed by atoms with E-state index in [2.05, 4.69) is 48.0 Å². The summed E-state index contributed by atoms with van der Waals surface area (Å²) < 4.78 is 0. The van der Waals surface area contributed by atoms with E-state index in [1.807, 2.05) is 37.3 Å². The minimum Gasteiger partial charge on any atom is -0.372 e. The largest absolute Gasteiger partial charge is 0.372 e. The van der Waals surface area contributed by atoms with Crippen LogP contribution < -0.4 is 10.6 Å². The van der Waals surface area contributed by atoms with Crippen molar-refractivity contribution < 1.29 is 9.90 Å². The summed E-state index contributed by atoms with van der Waals surface area (Å²) in [5.74, 6) is 0. The highest BCUT2D eigenvalue weighted by molar-refractivity contribution is 5.52. The first-order chi connectivity index (χ1) is 13.2. The first-order valence-corrected chi connectivity index (χ1v) is 9.32. The van der Waals surface area contributed by atoms with Crippen LogP contribution in [-0.2, 0) is 16.6 Å². The lowest BCUT2D eigenvalue weighted by molar-refractivity contribution is -0.111. The van der Waals surface area contributed by atoms with Gasteiger partial charge in [0.1, 0.15) is 6.23 Å². The van der Waals surface area contributed by atoms with E-state index in [1.54, 1.807) is 12.4 Å². The van der Waals surface area contributed by atoms with Gasteiger partial charge in [-0.3, -0.25) is 4.79 Å². The van der Waals surface area contributed by atoms with E-state index < -0.39 is 12.3 Å². The maximum absolute atomic E-state index is 11.0. The van der Waals surface area contributed by atoms with Crippen LogP contribution in [0.2, 0.25) is 0 Å². The van der Waals surface area contributed by atoms with Gasteiger partial charge in [0.25, 0.3) is 0 Å². The van der Waals surface area contributed by atoms with Crippen LogP contribution in [0.15, 0.2) is 42.9 Å². The third-order valence-electron chi connectivity index (χ3n) is 4.45. The summed E-state index contributed by atoms with van der Waals surface area (Å²) >= 11 is 0. The number of nitrogens with zero attached hydrogens (tertiary/aromatic N) is 1. The molecule has 0 fully saturated rings. The first-order valence-electron chi connectivity index (χ1n) is 9.32. The van der Waals surface area contributed by atoms with Gasteiger partial charge in [-0.1, -0.05) is 57.7 Å². The molecule has 0 bridgehead atoms. The summed E-state index contributed by atoms with van der Waals surface area (Å²) in [7, 11) is 0. The second-order valence-corrected chi connectivity index (χ2v) is 7.87. The van der Waals surface area contributed by atoms with E-state index >= 15 is 0 Å². The standard InChI is InChI=1S/C22H30N4O2/c1-6-16-8-7-9-17(11-16)12-19(25-14-27)21(28)26-15(2)10-18-20(22(3,4)5)24-13-23-18/h6-11,13-14,19,21,26,28H,1,12H2,2-5H3,(H,23,24)(H,25,27)/b15-10-. The van der Waals surface area contributed by atoms with Gasteiger partial charge in [-0.2, -0.15) is 0 Å². The number of amides is 1. The SMILES string of the molecule is C=Cc1cccc(CC(NC=O)C(O)N/C(C)=C\c2nc[nH]c2C(C)(C)C)c1. The fourth-order valence-corrected chi connectivity index (χ4v) is 3.05. The molecule has 0 radical (unpaired) electrons. The molecular weight excluding hydrogens is 352 g/mol. The number of aromatic nitrogens is 2. The third-order valence-corrected chi connectivity index (χ3v) is 4.45. The van der Waals surface area contributed by atoms with E-state index in [1.165, 1.54) is 0 Å². The number of imidazole rings is 1. The number of aliphatic hydroxyl groups is 1. The molecule has 0 spiro atoms. The van der Waals surface area contributed by atoms with Gasteiger partial charge in [-0.25, -0.2) is 4.98 Å². The maximum Gasteiger partial charge on any atom is 0.207 e. The van der Waals surface area contributed by atoms with Gasteiger partial charge >= 0.3 is 0 Å². The van der Waals surface area contributed by atoms with Crippen LogP contribution in [0.3, 0.4) is 0 Å². The summed E-state index contributed by atoms with van der Waals surface area (Å²) in [6.07, 6.45) is 5.46. The van der Waals surface area contributed by atoms with Crippen LogP contribution >= 0.6 is 0 Å². The van der Waals surface area contributed by atoms with Crippen LogP contribution in [0.5, 0.6) is 0 Å². The molecule has 0 aliphatic heterocycles. The molecule has 0 aliphatic rings. The molecule has 1 aromatic carbocycles. The van der Waals surface area contributed by atoms with Gasteiger partial charge in [-0.15, -0.1) is 0 Å². The molecule has 2 rings (SSSR count). The van der Waals surface area contributed by atoms with E-state index in [0.717, 1.165) is 28.2 Å². The molecule has 6 heteroatoms. The zero-order valence-corrected chi connectivity index (χ0v) is 17.0. The zero-order chi connectivity index (χ0) is 20.7. The fourth-order valence-electron chi connectivity index (χ4n) is 3.05. The summed E-state index contributed by atoms with van der Waals surface area (Å²) in [5.41, 5.74) is 4.52. The average Bonchev–Trinajstić information content (AvgIpc) is 3.09. The van der Waals surface area contributed by atoms with E-state index in [9.17, 15) is 9.90 Å². The number of allylic oxidation sites excluding steroid dienone is 1. The topological polar surface area (TPSA) is 90.0 Å². The number of hydrogen-bond acceptors (Lipinski definition) is 4. The highest BCUT2D eigenvalue weighted by Gasteiger charge is 2.21. The second-order valence-electron chi connectivity index (χ2n) is 7.87. The molecule has 2 atom stereocenters. The van der Waals surface area contributed by atoms with Crippen LogP contribution in [0.4, 0.5) is 0 Å². The minimum absolute atomic E-state index is 0.0704. The molecule has 0 saturated carbocycles. The normalized spacial score (nSPS) is 14.2. The molecule has 1 aromatic heterocycles. The van der Waals surface area contributed by atoms with Gasteiger partial charge in [0.2, 0.25) is 6.41 Å². The van der Waals surface area contributed by atoms with Crippen LogP contribution in [-0.4, -0.2) is 33.8 Å². The maximum atomic E-state index is 11.0. The molecule has 4 N–H and O–H groups in total. The monoisotopic (exact) mass is 382 g/mol. The minimum atomic E-state index is -0.953. The van der Waals surface area contributed by atoms with Crippen molar-refractivity contribution in [1.82, 2.24) is 20.6 Å². The van der Waals surface area contributed by atoms with Crippen molar-refractivity contribution in [3.8, 4) is 0 Å². The molecule has 0 aliphatic carbocycles. The molecular formula is C22H30N4O2. The van der Waals surface area contributed by atoms with Crippen LogP contribution in [0.25, 0.3) is 12.2 Å². The third kappa shape index (κ3) is 5.82. The van der Waals surface area contributed by atoms with Crippen molar-refractivity contribution in [1.29, 1.82) is 0 Å². The number of hydrogen-bond donors (Lipinski definition) is 4. The summed E-state index contributed by atoms with van der Waals surface area (Å²) in [6, 6.07) is 7.35. The molecule has 2 unspecified atom stereocenters. The van der Waals surface area contributed by atoms with Gasteiger partial charge < -0.3 is 20.7 Å².